The van der Waals surface area contributed by atoms with Crippen LogP contribution in [0.2, 0.25) is 0 Å². The molecule has 4 aromatic rings. The van der Waals surface area contributed by atoms with Gasteiger partial charge in [0.25, 0.3) is 0 Å². The molecule has 1 aliphatic rings. The second-order valence-electron chi connectivity index (χ2n) is 10.8. The van der Waals surface area contributed by atoms with E-state index < -0.39 is 11.5 Å². The van der Waals surface area contributed by atoms with Crippen LogP contribution in [0.4, 0.5) is 0 Å². The molecule has 5 rings (SSSR count). The van der Waals surface area contributed by atoms with Gasteiger partial charge in [-0.2, -0.15) is 0 Å². The van der Waals surface area contributed by atoms with Gasteiger partial charge in [0, 0.05) is 30.8 Å². The first kappa shape index (κ1) is 29.1. The minimum Gasteiger partial charge on any atom is -0.396 e. The fourth-order valence-electron chi connectivity index (χ4n) is 5.51. The van der Waals surface area contributed by atoms with Crippen molar-refractivity contribution in [2.24, 2.45) is 5.41 Å². The first-order valence-electron chi connectivity index (χ1n) is 13.1. The molecule has 3 aromatic carbocycles. The molecule has 6 nitrogen and oxygen atoms in total. The smallest absolute Gasteiger partial charge is 0.246 e. The summed E-state index contributed by atoms with van der Waals surface area (Å²) in [5.74, 6) is 0.254. The number of amides is 1. The lowest BCUT2D eigenvalue weighted by Gasteiger charge is -2.49. The van der Waals surface area contributed by atoms with Crippen molar-refractivity contribution in [3.8, 4) is 0 Å². The minimum atomic E-state index is -0.603. The van der Waals surface area contributed by atoms with Gasteiger partial charge in [0.2, 0.25) is 11.5 Å². The molecule has 2 unspecified atom stereocenters. The molecule has 1 aromatic heterocycles. The molecule has 206 valence electrons. The summed E-state index contributed by atoms with van der Waals surface area (Å²) in [7, 11) is 0. The van der Waals surface area contributed by atoms with Crippen molar-refractivity contribution in [2.45, 2.75) is 39.3 Å². The molecule has 1 amide bonds. The van der Waals surface area contributed by atoms with Gasteiger partial charge in [-0.25, -0.2) is 0 Å². The van der Waals surface area contributed by atoms with E-state index in [1.165, 1.54) is 5.56 Å². The van der Waals surface area contributed by atoms with E-state index in [2.05, 4.69) is 62.4 Å². The number of carbonyl (C=O) groups excluding carboxylic acids is 1. The fraction of sp³-hybridized carbons (Fsp3) is 0.355. The second kappa shape index (κ2) is 11.7. The average molecular weight is 612 g/mol. The van der Waals surface area contributed by atoms with Crippen LogP contribution in [0.5, 0.6) is 0 Å². The van der Waals surface area contributed by atoms with Crippen LogP contribution in [0, 0.1) is 24.7 Å². The lowest BCUT2D eigenvalue weighted by Crippen LogP contribution is -2.62. The number of imidazole rings is 1. The first-order valence-corrected chi connectivity index (χ1v) is 13.6. The van der Waals surface area contributed by atoms with Gasteiger partial charge in [-0.1, -0.05) is 71.8 Å². The Morgan fingerprint density at radius 1 is 0.949 bits per heavy atom. The summed E-state index contributed by atoms with van der Waals surface area (Å²) in [4.78, 5) is 15.9. The number of aryl methyl sites for hydroxylation is 2. The molecule has 39 heavy (non-hydrogen) atoms. The third-order valence-electron chi connectivity index (χ3n) is 7.93. The van der Waals surface area contributed by atoms with Crippen LogP contribution in [0.25, 0.3) is 11.0 Å². The SMILES string of the molecule is Br.Cc1ccc(CC(C(=O)N2CC(CO)(CCl)C2)n2c(=N)n(C(C)c3ccc(C)cc3)c3ccccc32)cc1. The molecule has 1 saturated heterocycles. The van der Waals surface area contributed by atoms with Gasteiger partial charge >= 0.3 is 0 Å². The van der Waals surface area contributed by atoms with Crippen LogP contribution < -0.4 is 5.62 Å². The summed E-state index contributed by atoms with van der Waals surface area (Å²) in [6.45, 7) is 7.00. The highest BCUT2D eigenvalue weighted by Crippen LogP contribution is 2.34. The van der Waals surface area contributed by atoms with Crippen molar-refractivity contribution in [1.82, 2.24) is 14.0 Å². The maximum absolute atomic E-state index is 14.1. The molecule has 0 bridgehead atoms. The molecule has 1 aliphatic heterocycles. The maximum Gasteiger partial charge on any atom is 0.246 e. The Kier molecular flexibility index (Phi) is 8.74. The van der Waals surface area contributed by atoms with E-state index >= 15 is 0 Å². The topological polar surface area (TPSA) is 74.2 Å². The quantitative estimate of drug-likeness (QED) is 0.256. The molecule has 0 radical (unpaired) electrons. The van der Waals surface area contributed by atoms with Crippen LogP contribution in [0.1, 0.15) is 41.3 Å². The first-order chi connectivity index (χ1) is 18.3. The van der Waals surface area contributed by atoms with Crippen molar-refractivity contribution in [1.29, 1.82) is 5.41 Å². The predicted octanol–water partition coefficient (Wildman–Crippen LogP) is 5.57. The van der Waals surface area contributed by atoms with E-state index in [0.29, 0.717) is 25.4 Å². The average Bonchev–Trinajstić information content (AvgIpc) is 3.19. The largest absolute Gasteiger partial charge is 0.396 e. The molecule has 8 heteroatoms. The molecule has 0 saturated carbocycles. The standard InChI is InChI=1S/C31H35ClN4O2.BrH/c1-21-8-12-24(13-9-21)16-28(29(38)34-18-31(17-32,19-34)20-37)36-27-7-5-4-6-26(27)35(30(36)33)23(3)25-14-10-22(2)11-15-25;/h4-15,23,28,33,37H,16-20H2,1-3H3;1H. The van der Waals surface area contributed by atoms with Crippen molar-refractivity contribution in [2.75, 3.05) is 25.6 Å². The molecule has 2 atom stereocenters. The molecule has 0 aliphatic carbocycles. The Labute approximate surface area is 245 Å². The zero-order valence-corrected chi connectivity index (χ0v) is 25.1. The van der Waals surface area contributed by atoms with Gasteiger partial charge in [0.1, 0.15) is 6.04 Å². The van der Waals surface area contributed by atoms with Crippen molar-refractivity contribution >= 4 is 45.5 Å². The number of para-hydroxylation sites is 2. The number of nitrogens with one attached hydrogen (secondary N) is 1. The van der Waals surface area contributed by atoms with Crippen molar-refractivity contribution < 1.29 is 9.90 Å². The third kappa shape index (κ3) is 5.45. The van der Waals surface area contributed by atoms with E-state index in [0.717, 1.165) is 27.7 Å². The molecule has 2 heterocycles. The summed E-state index contributed by atoms with van der Waals surface area (Å²) in [6.07, 6.45) is 0.464. The normalized spacial score (nSPS) is 15.9. The molecular weight excluding hydrogens is 576 g/mol. The number of benzene rings is 3. The number of fused-ring (bicyclic) bond motifs is 1. The summed E-state index contributed by atoms with van der Waals surface area (Å²) >= 11 is 6.14. The van der Waals surface area contributed by atoms with Crippen LogP contribution in [-0.2, 0) is 11.2 Å². The number of carbonyl (C=O) groups is 1. The Morgan fingerprint density at radius 3 is 2.03 bits per heavy atom. The Hall–Kier alpha value is -2.87. The second-order valence-corrected chi connectivity index (χ2v) is 11.1. The monoisotopic (exact) mass is 610 g/mol. The van der Waals surface area contributed by atoms with Crippen molar-refractivity contribution in [3.05, 3.63) is 101 Å². The number of nitrogens with zero attached hydrogens (tertiary/aromatic N) is 3. The van der Waals surface area contributed by atoms with Gasteiger partial charge < -0.3 is 14.6 Å². The highest BCUT2D eigenvalue weighted by atomic mass is 79.9. The van der Waals surface area contributed by atoms with E-state index in [-0.39, 0.29) is 41.2 Å². The number of halogens is 2. The molecule has 1 fully saturated rings. The van der Waals surface area contributed by atoms with Gasteiger partial charge in [-0.05, 0) is 44.0 Å². The van der Waals surface area contributed by atoms with Gasteiger partial charge in [-0.15, -0.1) is 28.6 Å². The summed E-state index contributed by atoms with van der Waals surface area (Å²) in [6, 6.07) is 23.9. The third-order valence-corrected chi connectivity index (χ3v) is 8.50. The predicted molar refractivity (Wildman–Crippen MR) is 162 cm³/mol. The lowest BCUT2D eigenvalue weighted by atomic mass is 9.82. The summed E-state index contributed by atoms with van der Waals surface area (Å²) < 4.78 is 3.91. The number of alkyl halides is 1. The zero-order valence-electron chi connectivity index (χ0n) is 22.6. The van der Waals surface area contributed by atoms with E-state index in [1.54, 1.807) is 4.90 Å². The van der Waals surface area contributed by atoms with Gasteiger partial charge in [0.15, 0.2) is 0 Å². The van der Waals surface area contributed by atoms with Crippen LogP contribution in [-0.4, -0.2) is 50.6 Å². The number of hydrogen-bond donors (Lipinski definition) is 2. The molecule has 0 spiro atoms. The number of aliphatic hydroxyl groups is 1. The van der Waals surface area contributed by atoms with Crippen LogP contribution in [0.3, 0.4) is 0 Å². The number of rotatable bonds is 8. The highest BCUT2D eigenvalue weighted by Gasteiger charge is 2.46. The zero-order chi connectivity index (χ0) is 27.0. The maximum atomic E-state index is 14.1. The lowest BCUT2D eigenvalue weighted by molar-refractivity contribution is -0.148. The Balaban J connectivity index is 0.00000353. The highest BCUT2D eigenvalue weighted by molar-refractivity contribution is 8.93. The Bertz CT molecular complexity index is 1500. The number of likely N-dealkylation sites (tertiary alicyclic amines) is 1. The summed E-state index contributed by atoms with van der Waals surface area (Å²) in [5, 5.41) is 19.2. The number of aliphatic hydroxyl groups excluding tert-OH is 1. The van der Waals surface area contributed by atoms with Crippen LogP contribution >= 0.6 is 28.6 Å². The van der Waals surface area contributed by atoms with Gasteiger partial charge in [0.05, 0.1) is 23.7 Å². The number of aromatic nitrogens is 2. The molecule has 2 N–H and O–H groups in total. The van der Waals surface area contributed by atoms with E-state index in [9.17, 15) is 15.3 Å². The minimum absolute atomic E-state index is 0. The molecular formula is C31H36BrClN4O2. The van der Waals surface area contributed by atoms with Gasteiger partial charge in [-0.3, -0.25) is 14.8 Å². The Morgan fingerprint density at radius 2 is 1.49 bits per heavy atom. The van der Waals surface area contributed by atoms with E-state index in [1.807, 2.05) is 40.3 Å². The van der Waals surface area contributed by atoms with E-state index in [4.69, 9.17) is 11.6 Å². The van der Waals surface area contributed by atoms with Crippen molar-refractivity contribution in [3.63, 3.8) is 0 Å². The fourth-order valence-corrected chi connectivity index (χ4v) is 5.76. The summed E-state index contributed by atoms with van der Waals surface area (Å²) in [5.41, 5.74) is 6.10. The number of hydrogen-bond acceptors (Lipinski definition) is 3. The van der Waals surface area contributed by atoms with Crippen LogP contribution in [0.15, 0.2) is 72.8 Å².